The number of carbonyl (C=O) groups is 1. The van der Waals surface area contributed by atoms with Crippen molar-refractivity contribution in [2.45, 2.75) is 38.7 Å². The molecule has 1 fully saturated rings. The van der Waals surface area contributed by atoms with Crippen LogP contribution in [0.25, 0.3) is 5.82 Å². The molecule has 2 aromatic heterocycles. The Kier molecular flexibility index (Phi) is 5.59. The molecule has 1 N–H and O–H groups in total. The molecule has 24 heavy (non-hydrogen) atoms. The first-order valence-corrected chi connectivity index (χ1v) is 8.58. The smallest absolute Gasteiger partial charge is 0.252 e. The van der Waals surface area contributed by atoms with E-state index in [0.717, 1.165) is 12.2 Å². The van der Waals surface area contributed by atoms with Gasteiger partial charge in [0, 0.05) is 25.1 Å². The first kappa shape index (κ1) is 16.6. The number of aromatic nitrogens is 3. The lowest BCUT2D eigenvalue weighted by Crippen LogP contribution is -2.31. The van der Waals surface area contributed by atoms with Crippen LogP contribution in [0.2, 0.25) is 0 Å². The number of nitrogens with zero attached hydrogens (tertiary/aromatic N) is 3. The second-order valence-corrected chi connectivity index (χ2v) is 6.30. The van der Waals surface area contributed by atoms with Gasteiger partial charge in [-0.2, -0.15) is 0 Å². The van der Waals surface area contributed by atoms with E-state index in [4.69, 9.17) is 4.74 Å². The summed E-state index contributed by atoms with van der Waals surface area (Å²) < 4.78 is 7.70. The molecule has 6 nitrogen and oxygen atoms in total. The lowest BCUT2D eigenvalue weighted by atomic mass is 9.88. The van der Waals surface area contributed by atoms with Gasteiger partial charge in [-0.3, -0.25) is 9.36 Å². The summed E-state index contributed by atoms with van der Waals surface area (Å²) in [6.45, 7) is 3.32. The predicted octanol–water partition coefficient (Wildman–Crippen LogP) is 2.59. The van der Waals surface area contributed by atoms with Gasteiger partial charge in [-0.1, -0.05) is 19.8 Å². The molecule has 2 aromatic rings. The number of hydrogen-bond acceptors (Lipinski definition) is 4. The Bertz CT molecular complexity index is 640. The highest BCUT2D eigenvalue weighted by Crippen LogP contribution is 2.25. The largest absolute Gasteiger partial charge is 0.376 e. The Morgan fingerprint density at radius 3 is 2.96 bits per heavy atom. The Balaban J connectivity index is 1.43. The molecule has 0 saturated heterocycles. The Hall–Kier alpha value is -2.21. The van der Waals surface area contributed by atoms with E-state index in [9.17, 15) is 4.79 Å². The molecule has 128 valence electrons. The maximum atomic E-state index is 12.1. The summed E-state index contributed by atoms with van der Waals surface area (Å²) in [5.41, 5.74) is 0.546. The maximum Gasteiger partial charge on any atom is 0.252 e. The SMILES string of the molecule is C[C@@H]1CCCC[C@H]1OCCNC(=O)c1ccc(-n2ccnc2)nc1. The van der Waals surface area contributed by atoms with Gasteiger partial charge in [-0.25, -0.2) is 9.97 Å². The molecule has 2 heterocycles. The lowest BCUT2D eigenvalue weighted by molar-refractivity contribution is -0.00294. The van der Waals surface area contributed by atoms with Gasteiger partial charge < -0.3 is 10.1 Å². The van der Waals surface area contributed by atoms with Crippen LogP contribution >= 0.6 is 0 Å². The van der Waals surface area contributed by atoms with Crippen LogP contribution in [-0.4, -0.2) is 39.7 Å². The number of nitrogens with one attached hydrogen (secondary N) is 1. The van der Waals surface area contributed by atoms with Crippen LogP contribution in [0.5, 0.6) is 0 Å². The number of imidazole rings is 1. The van der Waals surface area contributed by atoms with E-state index < -0.39 is 0 Å². The summed E-state index contributed by atoms with van der Waals surface area (Å²) in [4.78, 5) is 20.4. The van der Waals surface area contributed by atoms with Crippen LogP contribution in [0.4, 0.5) is 0 Å². The van der Waals surface area contributed by atoms with Crippen molar-refractivity contribution in [3.63, 3.8) is 0 Å². The lowest BCUT2D eigenvalue weighted by Gasteiger charge is -2.28. The average molecular weight is 328 g/mol. The van der Waals surface area contributed by atoms with Crippen molar-refractivity contribution in [3.05, 3.63) is 42.6 Å². The number of rotatable bonds is 6. The molecular weight excluding hydrogens is 304 g/mol. The highest BCUT2D eigenvalue weighted by molar-refractivity contribution is 5.93. The van der Waals surface area contributed by atoms with Crippen LogP contribution < -0.4 is 5.32 Å². The summed E-state index contributed by atoms with van der Waals surface area (Å²) in [6, 6.07) is 3.57. The normalized spacial score (nSPS) is 20.7. The molecule has 0 aliphatic heterocycles. The fourth-order valence-electron chi connectivity index (χ4n) is 3.07. The number of amides is 1. The molecule has 6 heteroatoms. The van der Waals surface area contributed by atoms with E-state index in [1.165, 1.54) is 19.3 Å². The summed E-state index contributed by atoms with van der Waals surface area (Å²) in [6.07, 6.45) is 12.0. The van der Waals surface area contributed by atoms with Gasteiger partial charge in [0.25, 0.3) is 5.91 Å². The van der Waals surface area contributed by atoms with Crippen molar-refractivity contribution in [3.8, 4) is 5.82 Å². The quantitative estimate of drug-likeness (QED) is 0.828. The van der Waals surface area contributed by atoms with Crippen LogP contribution in [-0.2, 0) is 4.74 Å². The van der Waals surface area contributed by atoms with E-state index in [1.807, 2.05) is 6.20 Å². The van der Waals surface area contributed by atoms with Crippen LogP contribution in [0.15, 0.2) is 37.1 Å². The topological polar surface area (TPSA) is 69.0 Å². The van der Waals surface area contributed by atoms with E-state index >= 15 is 0 Å². The molecule has 0 bridgehead atoms. The average Bonchev–Trinajstić information content (AvgIpc) is 3.15. The van der Waals surface area contributed by atoms with Gasteiger partial charge in [-0.05, 0) is 30.9 Å². The number of ether oxygens (including phenoxy) is 1. The van der Waals surface area contributed by atoms with Crippen molar-refractivity contribution in [1.29, 1.82) is 0 Å². The fourth-order valence-corrected chi connectivity index (χ4v) is 3.07. The van der Waals surface area contributed by atoms with Gasteiger partial charge in [0.05, 0.1) is 18.3 Å². The van der Waals surface area contributed by atoms with Crippen LogP contribution in [0, 0.1) is 5.92 Å². The second kappa shape index (κ2) is 8.06. The Morgan fingerprint density at radius 2 is 2.25 bits per heavy atom. The molecule has 0 spiro atoms. The molecule has 2 atom stereocenters. The third kappa shape index (κ3) is 4.20. The summed E-state index contributed by atoms with van der Waals surface area (Å²) in [5, 5.41) is 2.88. The summed E-state index contributed by atoms with van der Waals surface area (Å²) in [5.74, 6) is 1.23. The molecule has 0 aromatic carbocycles. The molecule has 1 aliphatic carbocycles. The molecule has 1 saturated carbocycles. The van der Waals surface area contributed by atoms with Crippen molar-refractivity contribution in [2.24, 2.45) is 5.92 Å². The Labute approximate surface area is 142 Å². The molecule has 1 aliphatic rings. The standard InChI is InChI=1S/C18H24N4O2/c1-14-4-2-3-5-16(14)24-11-9-20-18(23)15-6-7-17(21-12-15)22-10-8-19-13-22/h6-8,10,12-14,16H,2-5,9,11H2,1H3,(H,20,23)/t14-,16-/m1/s1. The molecular formula is C18H24N4O2. The number of carbonyl (C=O) groups excluding carboxylic acids is 1. The fraction of sp³-hybridized carbons (Fsp3) is 0.500. The zero-order chi connectivity index (χ0) is 16.8. The maximum absolute atomic E-state index is 12.1. The summed E-state index contributed by atoms with van der Waals surface area (Å²) >= 11 is 0. The molecule has 0 radical (unpaired) electrons. The van der Waals surface area contributed by atoms with Crippen molar-refractivity contribution < 1.29 is 9.53 Å². The van der Waals surface area contributed by atoms with Gasteiger partial charge in [-0.15, -0.1) is 0 Å². The first-order chi connectivity index (χ1) is 11.7. The molecule has 0 unspecified atom stereocenters. The number of hydrogen-bond donors (Lipinski definition) is 1. The molecule has 3 rings (SSSR count). The highest BCUT2D eigenvalue weighted by atomic mass is 16.5. The van der Waals surface area contributed by atoms with E-state index in [2.05, 4.69) is 22.2 Å². The van der Waals surface area contributed by atoms with Gasteiger partial charge in [0.2, 0.25) is 0 Å². The van der Waals surface area contributed by atoms with Gasteiger partial charge in [0.15, 0.2) is 0 Å². The predicted molar refractivity (Wildman–Crippen MR) is 91.1 cm³/mol. The van der Waals surface area contributed by atoms with Crippen molar-refractivity contribution >= 4 is 5.91 Å². The Morgan fingerprint density at radius 1 is 1.38 bits per heavy atom. The minimum absolute atomic E-state index is 0.125. The van der Waals surface area contributed by atoms with Gasteiger partial charge in [0.1, 0.15) is 12.1 Å². The van der Waals surface area contributed by atoms with Crippen molar-refractivity contribution in [1.82, 2.24) is 19.9 Å². The van der Waals surface area contributed by atoms with E-state index in [1.54, 1.807) is 35.4 Å². The van der Waals surface area contributed by atoms with Crippen LogP contribution in [0.1, 0.15) is 43.0 Å². The number of pyridine rings is 1. The summed E-state index contributed by atoms with van der Waals surface area (Å²) in [7, 11) is 0. The molecule has 1 amide bonds. The van der Waals surface area contributed by atoms with Crippen molar-refractivity contribution in [2.75, 3.05) is 13.2 Å². The highest BCUT2D eigenvalue weighted by Gasteiger charge is 2.21. The van der Waals surface area contributed by atoms with Crippen LogP contribution in [0.3, 0.4) is 0 Å². The second-order valence-electron chi connectivity index (χ2n) is 6.30. The third-order valence-corrected chi connectivity index (χ3v) is 4.53. The monoisotopic (exact) mass is 328 g/mol. The van der Waals surface area contributed by atoms with E-state index in [0.29, 0.717) is 30.7 Å². The minimum Gasteiger partial charge on any atom is -0.376 e. The zero-order valence-electron chi connectivity index (χ0n) is 14.0. The van der Waals surface area contributed by atoms with Gasteiger partial charge >= 0.3 is 0 Å². The zero-order valence-corrected chi connectivity index (χ0v) is 14.0. The third-order valence-electron chi connectivity index (χ3n) is 4.53. The van der Waals surface area contributed by atoms with E-state index in [-0.39, 0.29) is 5.91 Å². The first-order valence-electron chi connectivity index (χ1n) is 8.58. The minimum atomic E-state index is -0.125.